The Morgan fingerprint density at radius 1 is 1.40 bits per heavy atom. The van der Waals surface area contributed by atoms with Gasteiger partial charge in [0.2, 0.25) is 0 Å². The van der Waals surface area contributed by atoms with Gasteiger partial charge in [-0.3, -0.25) is 0 Å². The molecule has 15 heavy (non-hydrogen) atoms. The average Bonchev–Trinajstić information content (AvgIpc) is 2.66. The maximum Gasteiger partial charge on any atom is 0.174 e. The molecule has 0 unspecified atom stereocenters. The third kappa shape index (κ3) is 1.49. The summed E-state index contributed by atoms with van der Waals surface area (Å²) in [6.45, 7) is 5.92. The highest BCUT2D eigenvalue weighted by atomic mass is 16.7. The molecule has 84 valence electrons. The van der Waals surface area contributed by atoms with Crippen LogP contribution in [0.25, 0.3) is 0 Å². The molecule has 2 nitrogen and oxygen atoms in total. The number of hydrogen-bond acceptors (Lipinski definition) is 2. The van der Waals surface area contributed by atoms with Crippen LogP contribution in [0.15, 0.2) is 0 Å². The Hall–Kier alpha value is -0.520. The lowest BCUT2D eigenvalue weighted by Crippen LogP contribution is -2.53. The van der Waals surface area contributed by atoms with E-state index in [4.69, 9.17) is 15.9 Å². The van der Waals surface area contributed by atoms with Crippen LogP contribution in [0, 0.1) is 23.7 Å². The fourth-order valence-corrected chi connectivity index (χ4v) is 3.07. The Labute approximate surface area is 92.3 Å². The molecule has 1 aliphatic carbocycles. The zero-order valence-electron chi connectivity index (χ0n) is 9.71. The van der Waals surface area contributed by atoms with Crippen LogP contribution in [0.2, 0.25) is 0 Å². The highest BCUT2D eigenvalue weighted by molar-refractivity contribution is 5.05. The summed E-state index contributed by atoms with van der Waals surface area (Å²) in [7, 11) is 0. The van der Waals surface area contributed by atoms with Crippen molar-refractivity contribution in [1.82, 2.24) is 0 Å². The second-order valence-corrected chi connectivity index (χ2v) is 5.04. The van der Waals surface area contributed by atoms with E-state index in [9.17, 15) is 0 Å². The van der Waals surface area contributed by atoms with E-state index in [-0.39, 0.29) is 5.41 Å². The average molecular weight is 208 g/mol. The molecule has 0 amide bonds. The lowest BCUT2D eigenvalue weighted by molar-refractivity contribution is -0.264. The van der Waals surface area contributed by atoms with Crippen molar-refractivity contribution >= 4 is 0 Å². The second-order valence-electron chi connectivity index (χ2n) is 5.04. The van der Waals surface area contributed by atoms with Crippen molar-refractivity contribution in [3.63, 3.8) is 0 Å². The minimum atomic E-state index is -0.392. The maximum absolute atomic E-state index is 5.90. The van der Waals surface area contributed by atoms with E-state index < -0.39 is 5.79 Å². The van der Waals surface area contributed by atoms with E-state index in [1.807, 2.05) is 0 Å². The molecule has 0 bridgehead atoms. The first-order valence-electron chi connectivity index (χ1n) is 5.86. The van der Waals surface area contributed by atoms with Crippen molar-refractivity contribution in [3.8, 4) is 12.3 Å². The summed E-state index contributed by atoms with van der Waals surface area (Å²) in [5.74, 6) is 2.98. The first kappa shape index (κ1) is 11.0. The van der Waals surface area contributed by atoms with Crippen LogP contribution in [0.4, 0.5) is 0 Å². The fraction of sp³-hybridized carbons (Fsp3) is 0.846. The summed E-state index contributed by atoms with van der Waals surface area (Å²) in [6.07, 6.45) is 9.65. The van der Waals surface area contributed by atoms with Gasteiger partial charge in [-0.25, -0.2) is 0 Å². The minimum Gasteiger partial charge on any atom is -0.347 e. The van der Waals surface area contributed by atoms with Crippen LogP contribution < -0.4 is 0 Å². The second kappa shape index (κ2) is 3.81. The number of rotatable bonds is 1. The van der Waals surface area contributed by atoms with E-state index in [2.05, 4.69) is 19.8 Å². The minimum absolute atomic E-state index is 0.0174. The summed E-state index contributed by atoms with van der Waals surface area (Å²) in [5, 5.41) is 0. The quantitative estimate of drug-likeness (QED) is 0.617. The number of hydrogen-bond donors (Lipinski definition) is 0. The molecule has 1 aliphatic heterocycles. The lowest BCUT2D eigenvalue weighted by atomic mass is 9.62. The van der Waals surface area contributed by atoms with Gasteiger partial charge < -0.3 is 9.47 Å². The van der Waals surface area contributed by atoms with Crippen molar-refractivity contribution in [3.05, 3.63) is 0 Å². The van der Waals surface area contributed by atoms with Crippen molar-refractivity contribution in [2.24, 2.45) is 11.3 Å². The van der Waals surface area contributed by atoms with Gasteiger partial charge in [-0.2, -0.15) is 0 Å². The van der Waals surface area contributed by atoms with Crippen LogP contribution in [-0.4, -0.2) is 19.0 Å². The predicted molar refractivity (Wildman–Crippen MR) is 59.2 cm³/mol. The molecule has 1 saturated carbocycles. The zero-order valence-corrected chi connectivity index (χ0v) is 9.71. The van der Waals surface area contributed by atoms with E-state index >= 15 is 0 Å². The van der Waals surface area contributed by atoms with Gasteiger partial charge in [0.15, 0.2) is 5.79 Å². The summed E-state index contributed by atoms with van der Waals surface area (Å²) in [5.41, 5.74) is -0.0174. The highest BCUT2D eigenvalue weighted by Gasteiger charge is 2.56. The summed E-state index contributed by atoms with van der Waals surface area (Å²) in [6, 6.07) is 0. The van der Waals surface area contributed by atoms with E-state index in [1.165, 1.54) is 12.8 Å². The molecule has 1 spiro atoms. The van der Waals surface area contributed by atoms with Crippen LogP contribution >= 0.6 is 0 Å². The SMILES string of the molecule is C#CC[C@@]1(C)[C@H](C)CCCC12OCCO2. The topological polar surface area (TPSA) is 18.5 Å². The molecule has 2 heteroatoms. The van der Waals surface area contributed by atoms with Crippen LogP contribution in [0.5, 0.6) is 0 Å². The smallest absolute Gasteiger partial charge is 0.174 e. The monoisotopic (exact) mass is 208 g/mol. The number of terminal acetylenes is 1. The van der Waals surface area contributed by atoms with Crippen molar-refractivity contribution in [1.29, 1.82) is 0 Å². The Morgan fingerprint density at radius 3 is 2.67 bits per heavy atom. The van der Waals surface area contributed by atoms with Gasteiger partial charge in [-0.15, -0.1) is 12.3 Å². The summed E-state index contributed by atoms with van der Waals surface area (Å²) < 4.78 is 11.8. The molecule has 1 heterocycles. The molecule has 1 saturated heterocycles. The Kier molecular flexibility index (Phi) is 2.79. The van der Waals surface area contributed by atoms with E-state index in [0.717, 1.165) is 12.8 Å². The molecule has 2 fully saturated rings. The molecule has 2 atom stereocenters. The molecule has 0 aromatic heterocycles. The first-order chi connectivity index (χ1) is 7.15. The standard InChI is InChI=1S/C13H20O2/c1-4-7-12(3)11(2)6-5-8-13(12)14-9-10-15-13/h1,11H,5-10H2,2-3H3/t11-,12+/m1/s1. The summed E-state index contributed by atoms with van der Waals surface area (Å²) in [4.78, 5) is 0. The fourth-order valence-electron chi connectivity index (χ4n) is 3.07. The molecule has 0 aromatic carbocycles. The van der Waals surface area contributed by atoms with Crippen molar-refractivity contribution in [2.45, 2.75) is 45.3 Å². The van der Waals surface area contributed by atoms with Gasteiger partial charge in [-0.1, -0.05) is 13.8 Å². The maximum atomic E-state index is 5.90. The molecule has 0 aromatic rings. The zero-order chi connectivity index (χ0) is 10.9. The Bertz CT molecular complexity index is 273. The largest absolute Gasteiger partial charge is 0.347 e. The van der Waals surface area contributed by atoms with Crippen molar-refractivity contribution in [2.75, 3.05) is 13.2 Å². The van der Waals surface area contributed by atoms with Crippen LogP contribution in [-0.2, 0) is 9.47 Å². The molecular weight excluding hydrogens is 188 g/mol. The molecule has 0 N–H and O–H groups in total. The van der Waals surface area contributed by atoms with Gasteiger partial charge in [0.1, 0.15) is 0 Å². The highest BCUT2D eigenvalue weighted by Crippen LogP contribution is 2.53. The normalized spacial score (nSPS) is 39.1. The van der Waals surface area contributed by atoms with Crippen LogP contribution in [0.3, 0.4) is 0 Å². The van der Waals surface area contributed by atoms with Gasteiger partial charge in [0.05, 0.1) is 13.2 Å². The Balaban J connectivity index is 2.30. The van der Waals surface area contributed by atoms with Crippen molar-refractivity contribution < 1.29 is 9.47 Å². The van der Waals surface area contributed by atoms with Gasteiger partial charge >= 0.3 is 0 Å². The molecule has 0 radical (unpaired) electrons. The molecule has 2 aliphatic rings. The third-order valence-corrected chi connectivity index (χ3v) is 4.32. The van der Waals surface area contributed by atoms with E-state index in [0.29, 0.717) is 19.1 Å². The lowest BCUT2D eigenvalue weighted by Gasteiger charge is -2.51. The first-order valence-corrected chi connectivity index (χ1v) is 5.86. The predicted octanol–water partition coefficient (Wildman–Crippen LogP) is 2.58. The van der Waals surface area contributed by atoms with Crippen LogP contribution in [0.1, 0.15) is 39.5 Å². The molecular formula is C13H20O2. The molecule has 2 rings (SSSR count). The van der Waals surface area contributed by atoms with Gasteiger partial charge in [0.25, 0.3) is 0 Å². The Morgan fingerprint density at radius 2 is 2.07 bits per heavy atom. The third-order valence-electron chi connectivity index (χ3n) is 4.32. The summed E-state index contributed by atoms with van der Waals surface area (Å²) >= 11 is 0. The van der Waals surface area contributed by atoms with Gasteiger partial charge in [-0.05, 0) is 18.8 Å². The van der Waals surface area contributed by atoms with E-state index in [1.54, 1.807) is 0 Å². The number of ether oxygens (including phenoxy) is 2. The van der Waals surface area contributed by atoms with Gasteiger partial charge in [0, 0.05) is 18.3 Å².